The molecule has 3 heterocycles. The minimum atomic E-state index is -0.389. The van der Waals surface area contributed by atoms with Crippen molar-refractivity contribution >= 4 is 11.3 Å². The monoisotopic (exact) mass is 307 g/mol. The summed E-state index contributed by atoms with van der Waals surface area (Å²) in [5, 5.41) is 6.27. The third kappa shape index (κ3) is 2.45. The number of hydrogen-bond donors (Lipinski definition) is 0. The number of thiophene rings is 1. The highest BCUT2D eigenvalue weighted by Crippen LogP contribution is 2.30. The Hall–Kier alpha value is -1.44. The van der Waals surface area contributed by atoms with Crippen LogP contribution in [0.4, 0.5) is 0 Å². The molecule has 21 heavy (non-hydrogen) atoms. The molecule has 1 saturated heterocycles. The van der Waals surface area contributed by atoms with Gasteiger partial charge in [-0.1, -0.05) is 6.07 Å². The minimum absolute atomic E-state index is 0.318. The van der Waals surface area contributed by atoms with E-state index in [1.165, 1.54) is 22.4 Å². The van der Waals surface area contributed by atoms with Crippen molar-refractivity contribution in [1.82, 2.24) is 14.7 Å². The van der Waals surface area contributed by atoms with Crippen LogP contribution in [0.15, 0.2) is 26.7 Å². The van der Waals surface area contributed by atoms with Gasteiger partial charge in [-0.05, 0) is 30.7 Å². The second-order valence-corrected chi connectivity index (χ2v) is 6.46. The highest BCUT2D eigenvalue weighted by molar-refractivity contribution is 7.13. The summed E-state index contributed by atoms with van der Waals surface area (Å²) < 4.78 is 12.5. The summed E-state index contributed by atoms with van der Waals surface area (Å²) >= 11 is 1.52. The van der Waals surface area contributed by atoms with Crippen molar-refractivity contribution in [3.63, 3.8) is 0 Å². The Bertz CT molecular complexity index is 663. The van der Waals surface area contributed by atoms with E-state index in [4.69, 9.17) is 9.15 Å². The zero-order valence-corrected chi connectivity index (χ0v) is 12.4. The molecule has 1 saturated carbocycles. The Morgan fingerprint density at radius 2 is 2.38 bits per heavy atom. The van der Waals surface area contributed by atoms with Crippen molar-refractivity contribution in [2.24, 2.45) is 0 Å². The Balaban J connectivity index is 1.55. The second kappa shape index (κ2) is 5.40. The third-order valence-electron chi connectivity index (χ3n) is 4.25. The summed E-state index contributed by atoms with van der Waals surface area (Å²) in [5.74, 6) is 0.0191. The fourth-order valence-corrected chi connectivity index (χ4v) is 3.89. The molecule has 2 fully saturated rings. The van der Waals surface area contributed by atoms with E-state index in [1.54, 1.807) is 0 Å². The normalized spacial score (nSPS) is 26.1. The lowest BCUT2D eigenvalue weighted by Gasteiger charge is -2.36. The van der Waals surface area contributed by atoms with Gasteiger partial charge < -0.3 is 9.15 Å². The highest BCUT2D eigenvalue weighted by Gasteiger charge is 2.36. The van der Waals surface area contributed by atoms with E-state index in [0.717, 1.165) is 30.9 Å². The van der Waals surface area contributed by atoms with Gasteiger partial charge in [0.05, 0.1) is 17.6 Å². The molecule has 0 amide bonds. The number of hydrogen-bond acceptors (Lipinski definition) is 6. The number of rotatable bonds is 3. The summed E-state index contributed by atoms with van der Waals surface area (Å²) in [4.78, 5) is 15.2. The van der Waals surface area contributed by atoms with Crippen molar-refractivity contribution < 1.29 is 9.15 Å². The van der Waals surface area contributed by atoms with E-state index in [9.17, 15) is 4.79 Å². The molecule has 0 unspecified atom stereocenters. The summed E-state index contributed by atoms with van der Waals surface area (Å²) in [7, 11) is 0. The Kier molecular flexibility index (Phi) is 3.40. The van der Waals surface area contributed by atoms with Crippen molar-refractivity contribution in [3.05, 3.63) is 28.1 Å². The Morgan fingerprint density at radius 1 is 1.43 bits per heavy atom. The van der Waals surface area contributed by atoms with Crippen LogP contribution in [0.25, 0.3) is 10.8 Å². The lowest BCUT2D eigenvalue weighted by atomic mass is 10.1. The lowest BCUT2D eigenvalue weighted by molar-refractivity contribution is -0.0687. The Morgan fingerprint density at radius 3 is 3.24 bits per heavy atom. The fraction of sp³-hybridized carbons (Fsp3) is 0.571. The van der Waals surface area contributed by atoms with Crippen LogP contribution in [0.2, 0.25) is 0 Å². The van der Waals surface area contributed by atoms with Crippen LogP contribution in [-0.4, -0.2) is 40.0 Å². The zero-order valence-electron chi connectivity index (χ0n) is 11.6. The average Bonchev–Trinajstić information content (AvgIpc) is 3.20. The van der Waals surface area contributed by atoms with Crippen molar-refractivity contribution in [1.29, 1.82) is 0 Å². The average molecular weight is 307 g/mol. The minimum Gasteiger partial charge on any atom is -0.387 e. The van der Waals surface area contributed by atoms with Crippen LogP contribution in [0.1, 0.15) is 19.3 Å². The van der Waals surface area contributed by atoms with Crippen molar-refractivity contribution in [3.8, 4) is 10.8 Å². The largest absolute Gasteiger partial charge is 0.438 e. The van der Waals surface area contributed by atoms with Gasteiger partial charge in [-0.3, -0.25) is 4.90 Å². The van der Waals surface area contributed by atoms with Gasteiger partial charge in [-0.25, -0.2) is 4.79 Å². The van der Waals surface area contributed by atoms with E-state index < -0.39 is 0 Å². The number of morpholine rings is 1. The molecule has 2 aromatic heterocycles. The first-order chi connectivity index (χ1) is 10.3. The van der Waals surface area contributed by atoms with Crippen molar-refractivity contribution in [2.45, 2.75) is 38.1 Å². The molecule has 6 nitrogen and oxygen atoms in total. The SMILES string of the molecule is O=c1oc(-c2cccs2)nn1CN1CCO[C@@H]2CCC[C@@H]21. The van der Waals surface area contributed by atoms with Gasteiger partial charge in [0.1, 0.15) is 6.67 Å². The summed E-state index contributed by atoms with van der Waals surface area (Å²) in [6.07, 6.45) is 3.77. The second-order valence-electron chi connectivity index (χ2n) is 5.51. The highest BCUT2D eigenvalue weighted by atomic mass is 32.1. The molecule has 2 atom stereocenters. The van der Waals surface area contributed by atoms with Crippen LogP contribution in [-0.2, 0) is 11.4 Å². The first kappa shape index (κ1) is 13.2. The van der Waals surface area contributed by atoms with Crippen LogP contribution in [0.3, 0.4) is 0 Å². The van der Waals surface area contributed by atoms with Crippen LogP contribution in [0.5, 0.6) is 0 Å². The van der Waals surface area contributed by atoms with E-state index in [-0.39, 0.29) is 5.76 Å². The molecule has 1 aliphatic carbocycles. The first-order valence-electron chi connectivity index (χ1n) is 7.29. The van der Waals surface area contributed by atoms with Gasteiger partial charge in [-0.15, -0.1) is 16.4 Å². The van der Waals surface area contributed by atoms with Crippen LogP contribution in [0, 0.1) is 0 Å². The first-order valence-corrected chi connectivity index (χ1v) is 8.17. The molecule has 7 heteroatoms. The molecule has 2 aromatic rings. The van der Waals surface area contributed by atoms with Crippen LogP contribution >= 0.6 is 11.3 Å². The molecule has 112 valence electrons. The number of aromatic nitrogens is 2. The molecule has 0 aromatic carbocycles. The van der Waals surface area contributed by atoms with E-state index >= 15 is 0 Å². The van der Waals surface area contributed by atoms with Gasteiger partial charge in [0.15, 0.2) is 0 Å². The van der Waals surface area contributed by atoms with Gasteiger partial charge in [-0.2, -0.15) is 4.68 Å². The molecular weight excluding hydrogens is 290 g/mol. The van der Waals surface area contributed by atoms with E-state index in [0.29, 0.717) is 24.7 Å². The molecule has 0 bridgehead atoms. The Labute approximate surface area is 125 Å². The van der Waals surface area contributed by atoms with Crippen molar-refractivity contribution in [2.75, 3.05) is 13.2 Å². The standard InChI is InChI=1S/C14H17N3O3S/c18-14-17(15-13(20-14)12-5-2-8-21-12)9-16-6-7-19-11-4-1-3-10(11)16/h2,5,8,10-11H,1,3-4,6-7,9H2/t10-,11+/m0/s1. The van der Waals surface area contributed by atoms with Gasteiger partial charge in [0.2, 0.25) is 0 Å². The predicted octanol–water partition coefficient (Wildman–Crippen LogP) is 1.78. The van der Waals surface area contributed by atoms with Gasteiger partial charge in [0, 0.05) is 12.6 Å². The summed E-state index contributed by atoms with van der Waals surface area (Å²) in [5.41, 5.74) is 0. The smallest absolute Gasteiger partial charge is 0.387 e. The quantitative estimate of drug-likeness (QED) is 0.865. The summed E-state index contributed by atoms with van der Waals surface area (Å²) in [6, 6.07) is 4.24. The van der Waals surface area contributed by atoms with Crippen LogP contribution < -0.4 is 5.76 Å². The summed E-state index contributed by atoms with van der Waals surface area (Å²) in [6.45, 7) is 2.05. The molecule has 0 radical (unpaired) electrons. The maximum absolute atomic E-state index is 12.0. The molecule has 2 aliphatic rings. The van der Waals surface area contributed by atoms with E-state index in [1.807, 2.05) is 17.5 Å². The molecule has 0 N–H and O–H groups in total. The molecular formula is C14H17N3O3S. The predicted molar refractivity (Wildman–Crippen MR) is 78.2 cm³/mol. The number of fused-ring (bicyclic) bond motifs is 1. The fourth-order valence-electron chi connectivity index (χ4n) is 3.25. The molecule has 0 spiro atoms. The lowest BCUT2D eigenvalue weighted by Crippen LogP contribution is -2.49. The molecule has 4 rings (SSSR count). The van der Waals surface area contributed by atoms with Gasteiger partial charge >= 0.3 is 5.76 Å². The molecule has 1 aliphatic heterocycles. The zero-order chi connectivity index (χ0) is 14.2. The topological polar surface area (TPSA) is 60.5 Å². The third-order valence-corrected chi connectivity index (χ3v) is 5.11. The van der Waals surface area contributed by atoms with E-state index in [2.05, 4.69) is 10.00 Å². The maximum atomic E-state index is 12.0. The van der Waals surface area contributed by atoms with Gasteiger partial charge in [0.25, 0.3) is 5.89 Å². The maximum Gasteiger partial charge on any atom is 0.438 e. The number of ether oxygens (including phenoxy) is 1. The number of nitrogens with zero attached hydrogens (tertiary/aromatic N) is 3.